The highest BCUT2D eigenvalue weighted by Crippen LogP contribution is 2.34. The van der Waals surface area contributed by atoms with Gasteiger partial charge in [-0.1, -0.05) is 86.6 Å². The number of para-hydroxylation sites is 2. The van der Waals surface area contributed by atoms with Gasteiger partial charge in [0.1, 0.15) is 11.5 Å². The topological polar surface area (TPSA) is 159 Å². The molecule has 0 bridgehead atoms. The summed E-state index contributed by atoms with van der Waals surface area (Å²) in [6.07, 6.45) is -1.36. The highest BCUT2D eigenvalue weighted by Gasteiger charge is 2.24. The monoisotopic (exact) mass is 762 g/mol. The second kappa shape index (κ2) is 17.7. The lowest BCUT2D eigenvalue weighted by Gasteiger charge is -2.26. The molecule has 0 aromatic heterocycles. The molecule has 6 aromatic carbocycles. The van der Waals surface area contributed by atoms with Crippen molar-refractivity contribution in [3.63, 3.8) is 0 Å². The number of amides is 6. The van der Waals surface area contributed by atoms with E-state index in [9.17, 15) is 19.2 Å². The van der Waals surface area contributed by atoms with E-state index in [0.717, 1.165) is 22.3 Å². The highest BCUT2D eigenvalue weighted by molar-refractivity contribution is 6.01. The molecule has 12 nitrogen and oxygen atoms in total. The Bertz CT molecular complexity index is 2200. The Kier molecular flexibility index (Phi) is 12.1. The number of hydrogen-bond donors (Lipinski definition) is 6. The molecule has 6 aromatic rings. The predicted molar refractivity (Wildman–Crippen MR) is 225 cm³/mol. The first-order valence-electron chi connectivity index (χ1n) is 18.1. The van der Waals surface area contributed by atoms with Crippen molar-refractivity contribution in [3.05, 3.63) is 168 Å². The molecule has 0 heterocycles. The number of rotatable bonds is 10. The van der Waals surface area contributed by atoms with Crippen molar-refractivity contribution in [3.8, 4) is 11.5 Å². The average molecular weight is 763 g/mol. The zero-order valence-electron chi connectivity index (χ0n) is 31.8. The minimum absolute atomic E-state index is 0.350. The molecular formula is C45H42N6O6. The molecule has 288 valence electrons. The van der Waals surface area contributed by atoms with E-state index >= 15 is 0 Å². The molecule has 0 aliphatic heterocycles. The van der Waals surface area contributed by atoms with Gasteiger partial charge >= 0.3 is 24.2 Å². The summed E-state index contributed by atoms with van der Waals surface area (Å²) in [5, 5.41) is 16.6. The van der Waals surface area contributed by atoms with Gasteiger partial charge in [0.15, 0.2) is 0 Å². The lowest BCUT2D eigenvalue weighted by Crippen LogP contribution is -2.21. The van der Waals surface area contributed by atoms with Crippen molar-refractivity contribution in [2.45, 2.75) is 33.1 Å². The van der Waals surface area contributed by atoms with Crippen LogP contribution in [0.5, 0.6) is 11.5 Å². The molecule has 6 N–H and O–H groups in total. The summed E-state index contributed by atoms with van der Waals surface area (Å²) >= 11 is 0. The van der Waals surface area contributed by atoms with Gasteiger partial charge in [-0.2, -0.15) is 0 Å². The number of carbonyl (C=O) groups is 4. The summed E-state index contributed by atoms with van der Waals surface area (Å²) in [6.45, 7) is 7.80. The number of aryl methyl sites for hydroxylation is 2. The maximum absolute atomic E-state index is 12.9. The molecule has 0 saturated heterocycles. The lowest BCUT2D eigenvalue weighted by molar-refractivity contribution is 0.214. The van der Waals surface area contributed by atoms with Crippen molar-refractivity contribution in [1.29, 1.82) is 0 Å². The molecule has 6 rings (SSSR count). The van der Waals surface area contributed by atoms with E-state index < -0.39 is 29.7 Å². The summed E-state index contributed by atoms with van der Waals surface area (Å²) in [6, 6.07) is 42.1. The third-order valence-electron chi connectivity index (χ3n) is 9.10. The van der Waals surface area contributed by atoms with Crippen LogP contribution in [0.1, 0.15) is 36.1 Å². The summed E-state index contributed by atoms with van der Waals surface area (Å²) in [5.41, 5.74) is 6.33. The van der Waals surface area contributed by atoms with Gasteiger partial charge in [-0.15, -0.1) is 0 Å². The van der Waals surface area contributed by atoms with Crippen molar-refractivity contribution in [2.24, 2.45) is 0 Å². The molecule has 0 atom stereocenters. The number of nitrogens with one attached hydrogen (secondary N) is 6. The minimum atomic E-state index is -0.679. The van der Waals surface area contributed by atoms with Crippen LogP contribution in [0.25, 0.3) is 0 Å². The fraction of sp³-hybridized carbons (Fsp3) is 0.111. The summed E-state index contributed by atoms with van der Waals surface area (Å²) in [4.78, 5) is 50.6. The first-order chi connectivity index (χ1) is 27.4. The van der Waals surface area contributed by atoms with Crippen LogP contribution in [0.15, 0.2) is 146 Å². The van der Waals surface area contributed by atoms with Gasteiger partial charge in [0.05, 0.1) is 0 Å². The SMILES string of the molecule is Cc1ccc(NC(=O)Nc2ccccc2)cc1NC(=O)Oc1ccc(C(C)(C)c2ccc(OC(=O)Nc3cc(NC(=O)Nc4ccccc4)ccc3C)cc2)cc1. The Balaban J connectivity index is 1.01. The van der Waals surface area contributed by atoms with E-state index in [0.29, 0.717) is 45.6 Å². The Morgan fingerprint density at radius 1 is 0.421 bits per heavy atom. The quantitative estimate of drug-likeness (QED) is 0.0815. The third kappa shape index (κ3) is 10.8. The predicted octanol–water partition coefficient (Wildman–Crippen LogP) is 11.1. The minimum Gasteiger partial charge on any atom is -0.410 e. The number of anilines is 6. The van der Waals surface area contributed by atoms with Gasteiger partial charge < -0.3 is 30.7 Å². The van der Waals surface area contributed by atoms with Gasteiger partial charge in [-0.3, -0.25) is 10.6 Å². The largest absolute Gasteiger partial charge is 0.417 e. The summed E-state index contributed by atoms with van der Waals surface area (Å²) in [7, 11) is 0. The van der Waals surface area contributed by atoms with Gasteiger partial charge in [0, 0.05) is 39.5 Å². The fourth-order valence-electron chi connectivity index (χ4n) is 5.83. The smallest absolute Gasteiger partial charge is 0.410 e. The van der Waals surface area contributed by atoms with Crippen LogP contribution < -0.4 is 41.4 Å². The lowest BCUT2D eigenvalue weighted by atomic mass is 9.78. The maximum Gasteiger partial charge on any atom is 0.417 e. The first-order valence-corrected chi connectivity index (χ1v) is 18.1. The highest BCUT2D eigenvalue weighted by atomic mass is 16.6. The Morgan fingerprint density at radius 2 is 0.772 bits per heavy atom. The van der Waals surface area contributed by atoms with E-state index in [1.165, 1.54) is 0 Å². The van der Waals surface area contributed by atoms with Crippen molar-refractivity contribution >= 4 is 58.4 Å². The van der Waals surface area contributed by atoms with Crippen molar-refractivity contribution < 1.29 is 28.7 Å². The molecule has 57 heavy (non-hydrogen) atoms. The Labute approximate surface area is 330 Å². The number of benzene rings is 6. The van der Waals surface area contributed by atoms with Gasteiger partial charge in [0.25, 0.3) is 0 Å². The zero-order chi connectivity index (χ0) is 40.4. The number of ether oxygens (including phenoxy) is 2. The van der Waals surface area contributed by atoms with Crippen LogP contribution in [-0.4, -0.2) is 24.2 Å². The molecule has 6 amide bonds. The van der Waals surface area contributed by atoms with E-state index in [4.69, 9.17) is 9.47 Å². The number of carbonyl (C=O) groups excluding carboxylic acids is 4. The van der Waals surface area contributed by atoms with Crippen LogP contribution in [0.3, 0.4) is 0 Å². The third-order valence-corrected chi connectivity index (χ3v) is 9.10. The van der Waals surface area contributed by atoms with Crippen LogP contribution >= 0.6 is 0 Å². The summed E-state index contributed by atoms with van der Waals surface area (Å²) in [5.74, 6) is 0.700. The van der Waals surface area contributed by atoms with Crippen molar-refractivity contribution in [2.75, 3.05) is 31.9 Å². The van der Waals surface area contributed by atoms with E-state index in [2.05, 4.69) is 45.7 Å². The van der Waals surface area contributed by atoms with Crippen LogP contribution in [0, 0.1) is 13.8 Å². The van der Waals surface area contributed by atoms with Crippen LogP contribution in [-0.2, 0) is 5.41 Å². The average Bonchev–Trinajstić information content (AvgIpc) is 3.18. The normalized spacial score (nSPS) is 10.7. The van der Waals surface area contributed by atoms with Gasteiger partial charge in [-0.25, -0.2) is 19.2 Å². The molecular weight excluding hydrogens is 721 g/mol. The first kappa shape index (κ1) is 39.1. The van der Waals surface area contributed by atoms with E-state index in [-0.39, 0.29) is 0 Å². The fourth-order valence-corrected chi connectivity index (χ4v) is 5.83. The van der Waals surface area contributed by atoms with Crippen LogP contribution in [0.2, 0.25) is 0 Å². The number of urea groups is 2. The van der Waals surface area contributed by atoms with Gasteiger partial charge in [-0.05, 0) is 109 Å². The molecule has 0 spiro atoms. The molecule has 0 saturated carbocycles. The summed E-state index contributed by atoms with van der Waals surface area (Å²) < 4.78 is 11.1. The second-order valence-corrected chi connectivity index (χ2v) is 13.7. The van der Waals surface area contributed by atoms with E-state index in [1.807, 2.05) is 74.5 Å². The van der Waals surface area contributed by atoms with Gasteiger partial charge in [0.2, 0.25) is 0 Å². The number of hydrogen-bond acceptors (Lipinski definition) is 6. The molecule has 0 fully saturated rings. The standard InChI is InChI=1S/C45H42N6O6/c1-29-15-21-35(48-41(52)46-33-11-7-5-8-12-33)27-39(29)50-43(54)56-37-23-17-31(18-24-37)45(3,4)32-19-25-38(26-20-32)57-44(55)51-40-28-36(22-16-30(40)2)49-42(53)47-34-13-9-6-10-14-34/h5-28H,1-4H3,(H,50,54)(H,51,55)(H2,46,48,52)(H2,47,49,53). The second-order valence-electron chi connectivity index (χ2n) is 13.7. The zero-order valence-corrected chi connectivity index (χ0v) is 31.8. The van der Waals surface area contributed by atoms with Crippen LogP contribution in [0.4, 0.5) is 53.3 Å². The molecule has 12 heteroatoms. The van der Waals surface area contributed by atoms with Crippen molar-refractivity contribution in [1.82, 2.24) is 0 Å². The molecule has 0 radical (unpaired) electrons. The maximum atomic E-state index is 12.9. The Hall–Kier alpha value is -7.60. The van der Waals surface area contributed by atoms with E-state index in [1.54, 1.807) is 84.9 Å². The molecule has 0 aliphatic carbocycles. The molecule has 0 unspecified atom stereocenters. The molecule has 0 aliphatic rings. The Morgan fingerprint density at radius 3 is 1.14 bits per heavy atom.